The Morgan fingerprint density at radius 1 is 1.19 bits per heavy atom. The lowest BCUT2D eigenvalue weighted by molar-refractivity contribution is 0.728. The highest BCUT2D eigenvalue weighted by atomic mass is 15.3. The maximum absolute atomic E-state index is 4.50. The Labute approximate surface area is 127 Å². The van der Waals surface area contributed by atoms with Crippen LogP contribution in [-0.2, 0) is 7.05 Å². The summed E-state index contributed by atoms with van der Waals surface area (Å²) in [4.78, 5) is 2.12. The highest BCUT2D eigenvalue weighted by Gasteiger charge is 2.16. The van der Waals surface area contributed by atoms with E-state index >= 15 is 0 Å². The fraction of sp³-hybridized carbons (Fsp3) is 0.471. The average Bonchev–Trinajstić information content (AvgIpc) is 2.65. The summed E-state index contributed by atoms with van der Waals surface area (Å²) in [6.45, 7) is 8.53. The van der Waals surface area contributed by atoms with Gasteiger partial charge in [0.1, 0.15) is 0 Å². The number of hydrogen-bond acceptors (Lipinski definition) is 3. The van der Waals surface area contributed by atoms with Crippen LogP contribution in [0.2, 0.25) is 0 Å². The van der Waals surface area contributed by atoms with Gasteiger partial charge in [-0.15, -0.1) is 0 Å². The number of benzene rings is 1. The lowest BCUT2D eigenvalue weighted by atomic mass is 10.1. The topological polar surface area (TPSA) is 33.1 Å². The van der Waals surface area contributed by atoms with Crippen LogP contribution in [0.1, 0.15) is 35.5 Å². The molecule has 21 heavy (non-hydrogen) atoms. The fourth-order valence-corrected chi connectivity index (χ4v) is 2.81. The number of nitrogens with zero attached hydrogens (tertiary/aromatic N) is 3. The van der Waals surface area contributed by atoms with Gasteiger partial charge >= 0.3 is 0 Å². The molecule has 1 heterocycles. The van der Waals surface area contributed by atoms with Crippen molar-refractivity contribution in [2.45, 2.75) is 33.7 Å². The second kappa shape index (κ2) is 5.80. The van der Waals surface area contributed by atoms with Crippen LogP contribution in [0.3, 0.4) is 0 Å². The number of rotatable bonds is 4. The summed E-state index contributed by atoms with van der Waals surface area (Å²) in [5, 5.41) is 8.12. The smallest absolute Gasteiger partial charge is 0.0649 e. The van der Waals surface area contributed by atoms with Crippen LogP contribution in [0.25, 0.3) is 0 Å². The summed E-state index contributed by atoms with van der Waals surface area (Å²) in [6.07, 6.45) is 0. The highest BCUT2D eigenvalue weighted by molar-refractivity contribution is 5.60. The third kappa shape index (κ3) is 3.04. The number of aromatic nitrogens is 2. The molecular formula is C17H26N4. The summed E-state index contributed by atoms with van der Waals surface area (Å²) in [6, 6.07) is 6.74. The summed E-state index contributed by atoms with van der Waals surface area (Å²) < 4.78 is 1.95. The van der Waals surface area contributed by atoms with Crippen LogP contribution in [0, 0.1) is 20.8 Å². The second-order valence-corrected chi connectivity index (χ2v) is 5.97. The molecular weight excluding hydrogens is 260 g/mol. The predicted molar refractivity (Wildman–Crippen MR) is 90.2 cm³/mol. The summed E-state index contributed by atoms with van der Waals surface area (Å²) in [7, 11) is 6.12. The van der Waals surface area contributed by atoms with E-state index in [-0.39, 0.29) is 6.04 Å². The average molecular weight is 286 g/mol. The first kappa shape index (κ1) is 15.4. The predicted octanol–water partition coefficient (Wildman–Crippen LogP) is 3.58. The van der Waals surface area contributed by atoms with Crippen molar-refractivity contribution in [3.63, 3.8) is 0 Å². The van der Waals surface area contributed by atoms with Gasteiger partial charge in [-0.05, 0) is 51.5 Å². The van der Waals surface area contributed by atoms with Gasteiger partial charge in [0.15, 0.2) is 0 Å². The lowest BCUT2D eigenvalue weighted by Gasteiger charge is -2.20. The Balaban J connectivity index is 2.25. The Hall–Kier alpha value is -1.97. The van der Waals surface area contributed by atoms with E-state index in [4.69, 9.17) is 0 Å². The zero-order valence-electron chi connectivity index (χ0n) is 14.2. The molecule has 0 spiro atoms. The molecule has 1 atom stereocenters. The van der Waals surface area contributed by atoms with Gasteiger partial charge in [0.05, 0.1) is 11.7 Å². The number of aryl methyl sites for hydroxylation is 3. The molecule has 2 rings (SSSR count). The van der Waals surface area contributed by atoms with Crippen molar-refractivity contribution in [3.8, 4) is 0 Å². The van der Waals surface area contributed by atoms with Crippen molar-refractivity contribution in [3.05, 3.63) is 40.7 Å². The van der Waals surface area contributed by atoms with E-state index in [1.54, 1.807) is 0 Å². The molecule has 0 radical (unpaired) electrons. The van der Waals surface area contributed by atoms with Crippen molar-refractivity contribution in [2.24, 2.45) is 7.05 Å². The van der Waals surface area contributed by atoms with Crippen LogP contribution in [0.5, 0.6) is 0 Å². The first-order valence-corrected chi connectivity index (χ1v) is 7.36. The lowest BCUT2D eigenvalue weighted by Crippen LogP contribution is -2.12. The minimum Gasteiger partial charge on any atom is -0.378 e. The van der Waals surface area contributed by atoms with Gasteiger partial charge in [0.2, 0.25) is 0 Å². The third-order valence-corrected chi connectivity index (χ3v) is 4.10. The molecule has 4 heteroatoms. The molecule has 1 aromatic carbocycles. The molecule has 0 bridgehead atoms. The number of anilines is 2. The van der Waals surface area contributed by atoms with Crippen LogP contribution < -0.4 is 10.2 Å². The molecule has 0 saturated heterocycles. The van der Waals surface area contributed by atoms with Crippen LogP contribution in [-0.4, -0.2) is 23.9 Å². The molecule has 2 aromatic rings. The van der Waals surface area contributed by atoms with E-state index in [1.165, 1.54) is 28.2 Å². The van der Waals surface area contributed by atoms with Crippen LogP contribution in [0.15, 0.2) is 18.2 Å². The zero-order chi connectivity index (χ0) is 15.7. The van der Waals surface area contributed by atoms with Crippen molar-refractivity contribution in [1.29, 1.82) is 0 Å². The molecule has 0 aliphatic carbocycles. The van der Waals surface area contributed by atoms with E-state index in [1.807, 2.05) is 11.7 Å². The normalized spacial score (nSPS) is 12.3. The van der Waals surface area contributed by atoms with E-state index in [9.17, 15) is 0 Å². The van der Waals surface area contributed by atoms with Gasteiger partial charge < -0.3 is 10.2 Å². The minimum absolute atomic E-state index is 0.239. The Bertz CT molecular complexity index is 640. The maximum Gasteiger partial charge on any atom is 0.0649 e. The minimum atomic E-state index is 0.239. The largest absolute Gasteiger partial charge is 0.378 e. The summed E-state index contributed by atoms with van der Waals surface area (Å²) >= 11 is 0. The van der Waals surface area contributed by atoms with Crippen molar-refractivity contribution in [1.82, 2.24) is 9.78 Å². The molecule has 0 aliphatic heterocycles. The standard InChI is InChI=1S/C17H26N4/c1-11-10-15(20(5)6)8-9-16(11)18-12(2)17-13(3)19-21(7)14(17)4/h8-10,12,18H,1-7H3. The Morgan fingerprint density at radius 2 is 1.86 bits per heavy atom. The first-order chi connectivity index (χ1) is 9.81. The number of nitrogens with one attached hydrogen (secondary N) is 1. The Morgan fingerprint density at radius 3 is 2.33 bits per heavy atom. The SMILES string of the molecule is Cc1cc(N(C)C)ccc1NC(C)c1c(C)nn(C)c1C. The fourth-order valence-electron chi connectivity index (χ4n) is 2.81. The number of hydrogen-bond donors (Lipinski definition) is 1. The van der Waals surface area contributed by atoms with Gasteiger partial charge in [-0.2, -0.15) is 5.10 Å². The molecule has 0 amide bonds. The summed E-state index contributed by atoms with van der Waals surface area (Å²) in [5.74, 6) is 0. The van der Waals surface area contributed by atoms with E-state index in [0.717, 1.165) is 5.69 Å². The van der Waals surface area contributed by atoms with Gasteiger partial charge in [-0.25, -0.2) is 0 Å². The van der Waals surface area contributed by atoms with Crippen molar-refractivity contribution in [2.75, 3.05) is 24.3 Å². The van der Waals surface area contributed by atoms with Crippen molar-refractivity contribution < 1.29 is 0 Å². The molecule has 1 unspecified atom stereocenters. The van der Waals surface area contributed by atoms with E-state index in [2.05, 4.69) is 75.3 Å². The highest BCUT2D eigenvalue weighted by Crippen LogP contribution is 2.28. The van der Waals surface area contributed by atoms with Gasteiger partial charge in [-0.3, -0.25) is 4.68 Å². The molecule has 4 nitrogen and oxygen atoms in total. The third-order valence-electron chi connectivity index (χ3n) is 4.10. The second-order valence-electron chi connectivity index (χ2n) is 5.97. The molecule has 0 fully saturated rings. The molecule has 1 aromatic heterocycles. The van der Waals surface area contributed by atoms with Crippen LogP contribution in [0.4, 0.5) is 11.4 Å². The summed E-state index contributed by atoms with van der Waals surface area (Å²) in [5.41, 5.74) is 7.25. The first-order valence-electron chi connectivity index (χ1n) is 7.36. The van der Waals surface area contributed by atoms with E-state index in [0.29, 0.717) is 0 Å². The molecule has 114 valence electrons. The van der Waals surface area contributed by atoms with Gasteiger partial charge in [0, 0.05) is 43.8 Å². The maximum atomic E-state index is 4.50. The monoisotopic (exact) mass is 286 g/mol. The van der Waals surface area contributed by atoms with E-state index < -0.39 is 0 Å². The Kier molecular flexibility index (Phi) is 4.26. The molecule has 0 saturated carbocycles. The van der Waals surface area contributed by atoms with Gasteiger partial charge in [-0.1, -0.05) is 0 Å². The molecule has 1 N–H and O–H groups in total. The van der Waals surface area contributed by atoms with Gasteiger partial charge in [0.25, 0.3) is 0 Å². The van der Waals surface area contributed by atoms with Crippen molar-refractivity contribution >= 4 is 11.4 Å². The quantitative estimate of drug-likeness (QED) is 0.932. The van der Waals surface area contributed by atoms with Crippen LogP contribution >= 0.6 is 0 Å². The zero-order valence-corrected chi connectivity index (χ0v) is 14.2. The molecule has 0 aliphatic rings.